The summed E-state index contributed by atoms with van der Waals surface area (Å²) < 4.78 is 2.03. The number of aryl methyl sites for hydroxylation is 1. The Labute approximate surface area is 138 Å². The van der Waals surface area contributed by atoms with Crippen molar-refractivity contribution in [3.63, 3.8) is 0 Å². The van der Waals surface area contributed by atoms with Gasteiger partial charge in [-0.3, -0.25) is 9.20 Å². The van der Waals surface area contributed by atoms with Crippen LogP contribution in [0.1, 0.15) is 50.2 Å². The first kappa shape index (κ1) is 17.3. The number of amides is 1. The van der Waals surface area contributed by atoms with E-state index in [0.29, 0.717) is 18.0 Å². The van der Waals surface area contributed by atoms with E-state index in [1.165, 1.54) is 0 Å². The average Bonchev–Trinajstić information content (AvgIpc) is 2.84. The molecule has 0 fully saturated rings. The van der Waals surface area contributed by atoms with Crippen molar-refractivity contribution in [3.05, 3.63) is 29.6 Å². The quantitative estimate of drug-likeness (QED) is 0.853. The third kappa shape index (κ3) is 3.84. The first-order valence-corrected chi connectivity index (χ1v) is 8.49. The van der Waals surface area contributed by atoms with E-state index >= 15 is 0 Å². The van der Waals surface area contributed by atoms with Gasteiger partial charge in [0.1, 0.15) is 11.5 Å². The van der Waals surface area contributed by atoms with Crippen molar-refractivity contribution in [1.82, 2.24) is 14.7 Å². The molecule has 126 valence electrons. The van der Waals surface area contributed by atoms with Gasteiger partial charge < -0.3 is 10.2 Å². The monoisotopic (exact) mass is 316 g/mol. The molecule has 2 aromatic heterocycles. The fourth-order valence-electron chi connectivity index (χ4n) is 2.76. The lowest BCUT2D eigenvalue weighted by Crippen LogP contribution is -2.26. The van der Waals surface area contributed by atoms with Gasteiger partial charge in [0.25, 0.3) is 5.91 Å². The van der Waals surface area contributed by atoms with Crippen LogP contribution in [0.25, 0.3) is 5.65 Å². The minimum Gasteiger partial charge on any atom is -0.357 e. The van der Waals surface area contributed by atoms with Crippen molar-refractivity contribution in [2.45, 2.75) is 41.0 Å². The molecule has 0 radical (unpaired) electrons. The van der Waals surface area contributed by atoms with E-state index < -0.39 is 0 Å². The molecule has 0 aliphatic carbocycles. The Morgan fingerprint density at radius 1 is 1.30 bits per heavy atom. The molecule has 1 N–H and O–H groups in total. The van der Waals surface area contributed by atoms with Gasteiger partial charge in [0.2, 0.25) is 0 Å². The van der Waals surface area contributed by atoms with E-state index in [1.807, 2.05) is 29.7 Å². The highest BCUT2D eigenvalue weighted by Crippen LogP contribution is 2.22. The van der Waals surface area contributed by atoms with E-state index in [0.717, 1.165) is 36.7 Å². The molecular weight excluding hydrogens is 288 g/mol. The summed E-state index contributed by atoms with van der Waals surface area (Å²) in [5.74, 6) is 1.63. The molecule has 0 bridgehead atoms. The van der Waals surface area contributed by atoms with E-state index in [-0.39, 0.29) is 5.91 Å². The normalized spacial score (nSPS) is 11.2. The number of nitrogens with one attached hydrogen (secondary N) is 1. The highest BCUT2D eigenvalue weighted by Gasteiger charge is 2.15. The van der Waals surface area contributed by atoms with E-state index in [4.69, 9.17) is 0 Å². The summed E-state index contributed by atoms with van der Waals surface area (Å²) in [7, 11) is 0. The summed E-state index contributed by atoms with van der Waals surface area (Å²) >= 11 is 0. The Morgan fingerprint density at radius 3 is 2.61 bits per heavy atom. The topological polar surface area (TPSA) is 49.6 Å². The molecule has 23 heavy (non-hydrogen) atoms. The largest absolute Gasteiger partial charge is 0.357 e. The van der Waals surface area contributed by atoms with Gasteiger partial charge in [-0.25, -0.2) is 4.98 Å². The van der Waals surface area contributed by atoms with Gasteiger partial charge in [0.15, 0.2) is 0 Å². The zero-order valence-electron chi connectivity index (χ0n) is 14.9. The van der Waals surface area contributed by atoms with Crippen LogP contribution in [0.2, 0.25) is 0 Å². The van der Waals surface area contributed by atoms with Gasteiger partial charge in [0, 0.05) is 25.8 Å². The molecular formula is C18H28N4O. The molecule has 0 unspecified atom stereocenters. The summed E-state index contributed by atoms with van der Waals surface area (Å²) in [6.07, 6.45) is 2.89. The number of hydrogen-bond donors (Lipinski definition) is 1. The summed E-state index contributed by atoms with van der Waals surface area (Å²) in [4.78, 5) is 19.2. The Hall–Kier alpha value is -2.04. The molecule has 1 amide bonds. The molecule has 2 aromatic rings. The predicted molar refractivity (Wildman–Crippen MR) is 95.3 cm³/mol. The standard InChI is InChI=1S/C18H28N4O/c1-6-21(7-2)18-14(5)20-16-9-8-15(12-22(16)18)17(23)19-11-10-13(3)4/h8-9,12-13H,6-7,10-11H2,1-5H3,(H,19,23). The second-order valence-corrected chi connectivity index (χ2v) is 6.28. The SMILES string of the molecule is CCN(CC)c1c(C)nc2ccc(C(=O)NCCC(C)C)cn12. The Morgan fingerprint density at radius 2 is 2.00 bits per heavy atom. The number of nitrogens with zero attached hydrogens (tertiary/aromatic N) is 3. The maximum absolute atomic E-state index is 12.3. The maximum Gasteiger partial charge on any atom is 0.252 e. The highest BCUT2D eigenvalue weighted by molar-refractivity contribution is 5.94. The van der Waals surface area contributed by atoms with Gasteiger partial charge in [0.05, 0.1) is 11.3 Å². The molecule has 0 atom stereocenters. The molecule has 2 rings (SSSR count). The minimum atomic E-state index is -0.0237. The van der Waals surface area contributed by atoms with Crippen LogP contribution in [0.15, 0.2) is 18.3 Å². The number of pyridine rings is 1. The lowest BCUT2D eigenvalue weighted by molar-refractivity contribution is 0.0951. The van der Waals surface area contributed by atoms with Gasteiger partial charge >= 0.3 is 0 Å². The van der Waals surface area contributed by atoms with Crippen molar-refractivity contribution >= 4 is 17.4 Å². The Bertz CT molecular complexity index is 671. The van der Waals surface area contributed by atoms with Crippen LogP contribution in [0, 0.1) is 12.8 Å². The molecule has 5 heteroatoms. The number of fused-ring (bicyclic) bond motifs is 1. The molecule has 0 spiro atoms. The van der Waals surface area contributed by atoms with Crippen molar-refractivity contribution in [2.75, 3.05) is 24.5 Å². The first-order chi connectivity index (χ1) is 11.0. The number of carbonyl (C=O) groups is 1. The minimum absolute atomic E-state index is 0.0237. The van der Waals surface area contributed by atoms with Gasteiger partial charge in [-0.2, -0.15) is 0 Å². The number of hydrogen-bond acceptors (Lipinski definition) is 3. The molecule has 0 saturated heterocycles. The maximum atomic E-state index is 12.3. The zero-order chi connectivity index (χ0) is 17.0. The van der Waals surface area contributed by atoms with E-state index in [2.05, 4.69) is 42.9 Å². The van der Waals surface area contributed by atoms with Gasteiger partial charge in [-0.05, 0) is 45.2 Å². The van der Waals surface area contributed by atoms with Crippen molar-refractivity contribution in [3.8, 4) is 0 Å². The van der Waals surface area contributed by atoms with E-state index in [9.17, 15) is 4.79 Å². The van der Waals surface area contributed by atoms with Gasteiger partial charge in [-0.15, -0.1) is 0 Å². The predicted octanol–water partition coefficient (Wildman–Crippen LogP) is 3.26. The molecule has 5 nitrogen and oxygen atoms in total. The summed E-state index contributed by atoms with van der Waals surface area (Å²) in [5.41, 5.74) is 2.54. The van der Waals surface area contributed by atoms with Crippen molar-refractivity contribution in [1.29, 1.82) is 0 Å². The van der Waals surface area contributed by atoms with Crippen LogP contribution >= 0.6 is 0 Å². The van der Waals surface area contributed by atoms with Crippen LogP contribution in [-0.2, 0) is 0 Å². The lowest BCUT2D eigenvalue weighted by Gasteiger charge is -2.21. The van der Waals surface area contributed by atoms with Gasteiger partial charge in [-0.1, -0.05) is 13.8 Å². The third-order valence-electron chi connectivity index (χ3n) is 4.09. The van der Waals surface area contributed by atoms with Crippen LogP contribution in [0.4, 0.5) is 5.82 Å². The number of rotatable bonds is 7. The number of aromatic nitrogens is 2. The van der Waals surface area contributed by atoms with Crippen LogP contribution < -0.4 is 10.2 Å². The fraction of sp³-hybridized carbons (Fsp3) is 0.556. The second-order valence-electron chi connectivity index (χ2n) is 6.28. The summed E-state index contributed by atoms with van der Waals surface area (Å²) in [6.45, 7) is 13.1. The average molecular weight is 316 g/mol. The molecule has 0 aliphatic heterocycles. The smallest absolute Gasteiger partial charge is 0.252 e. The third-order valence-corrected chi connectivity index (χ3v) is 4.09. The fourth-order valence-corrected chi connectivity index (χ4v) is 2.76. The Kier molecular flexibility index (Phi) is 5.64. The first-order valence-electron chi connectivity index (χ1n) is 8.49. The van der Waals surface area contributed by atoms with Crippen LogP contribution in [0.3, 0.4) is 0 Å². The van der Waals surface area contributed by atoms with E-state index in [1.54, 1.807) is 0 Å². The summed E-state index contributed by atoms with van der Waals surface area (Å²) in [5, 5.41) is 2.99. The lowest BCUT2D eigenvalue weighted by atomic mass is 10.1. The highest BCUT2D eigenvalue weighted by atomic mass is 16.1. The molecule has 0 aromatic carbocycles. The zero-order valence-corrected chi connectivity index (χ0v) is 14.9. The second kappa shape index (κ2) is 7.49. The number of imidazole rings is 1. The molecule has 0 aliphatic rings. The van der Waals surface area contributed by atoms with Crippen LogP contribution in [-0.4, -0.2) is 34.9 Å². The molecule has 2 heterocycles. The molecule has 0 saturated carbocycles. The van der Waals surface area contributed by atoms with Crippen molar-refractivity contribution < 1.29 is 4.79 Å². The summed E-state index contributed by atoms with van der Waals surface area (Å²) in [6, 6.07) is 3.76. The Balaban J connectivity index is 2.30. The number of carbonyl (C=O) groups excluding carboxylic acids is 1. The van der Waals surface area contributed by atoms with Crippen LogP contribution in [0.5, 0.6) is 0 Å². The van der Waals surface area contributed by atoms with Crippen molar-refractivity contribution in [2.24, 2.45) is 5.92 Å². The number of anilines is 1.